The van der Waals surface area contributed by atoms with E-state index in [1.165, 1.54) is 19.1 Å². The van der Waals surface area contributed by atoms with Gasteiger partial charge < -0.3 is 19.6 Å². The van der Waals surface area contributed by atoms with Crippen LogP contribution in [0.2, 0.25) is 0 Å². The molecule has 1 saturated carbocycles. The minimum absolute atomic E-state index is 0.0472. The van der Waals surface area contributed by atoms with Crippen molar-refractivity contribution in [1.82, 2.24) is 5.32 Å². The number of ether oxygens (including phenoxy) is 1. The zero-order valence-corrected chi connectivity index (χ0v) is 12.8. The quantitative estimate of drug-likeness (QED) is 0.844. The Balaban J connectivity index is 1.70. The summed E-state index contributed by atoms with van der Waals surface area (Å²) in [7, 11) is 0. The molecule has 2 rings (SSSR count). The standard InChI is InChI=1S/C16H25NO4/c1-12-5-3-6-13(9-12)21-10-15(18)17-11-16(2,19)14-7-4-8-20-14/h4,7-8,12-13,19H,3,5-6,9-11H2,1-2H3,(H,17,18). The molecule has 0 saturated heterocycles. The maximum atomic E-state index is 11.8. The zero-order chi connectivity index (χ0) is 15.3. The van der Waals surface area contributed by atoms with Gasteiger partial charge in [-0.3, -0.25) is 4.79 Å². The molecular formula is C16H25NO4. The average molecular weight is 295 g/mol. The van der Waals surface area contributed by atoms with E-state index in [2.05, 4.69) is 12.2 Å². The van der Waals surface area contributed by atoms with E-state index in [1.54, 1.807) is 19.1 Å². The van der Waals surface area contributed by atoms with Crippen LogP contribution in [0.5, 0.6) is 0 Å². The number of carbonyl (C=O) groups excluding carboxylic acids is 1. The molecule has 3 atom stereocenters. The second kappa shape index (κ2) is 7.09. The Labute approximate surface area is 125 Å². The van der Waals surface area contributed by atoms with Gasteiger partial charge in [0, 0.05) is 0 Å². The van der Waals surface area contributed by atoms with Gasteiger partial charge in [0.15, 0.2) is 0 Å². The number of rotatable bonds is 6. The van der Waals surface area contributed by atoms with E-state index in [0.29, 0.717) is 11.7 Å². The molecule has 21 heavy (non-hydrogen) atoms. The van der Waals surface area contributed by atoms with Gasteiger partial charge in [-0.05, 0) is 37.8 Å². The molecular weight excluding hydrogens is 270 g/mol. The van der Waals surface area contributed by atoms with Gasteiger partial charge in [0.2, 0.25) is 5.91 Å². The van der Waals surface area contributed by atoms with Gasteiger partial charge in [-0.25, -0.2) is 0 Å². The van der Waals surface area contributed by atoms with Crippen molar-refractivity contribution in [3.8, 4) is 0 Å². The summed E-state index contributed by atoms with van der Waals surface area (Å²) in [5.41, 5.74) is -1.21. The van der Waals surface area contributed by atoms with E-state index < -0.39 is 5.60 Å². The fourth-order valence-corrected chi connectivity index (χ4v) is 2.72. The Hall–Kier alpha value is -1.33. The summed E-state index contributed by atoms with van der Waals surface area (Å²) < 4.78 is 10.8. The number of hydrogen-bond acceptors (Lipinski definition) is 4. The van der Waals surface area contributed by atoms with Crippen molar-refractivity contribution in [2.45, 2.75) is 51.2 Å². The summed E-state index contributed by atoms with van der Waals surface area (Å²) in [5.74, 6) is 0.899. The molecule has 1 fully saturated rings. The molecule has 0 bridgehead atoms. The molecule has 0 aromatic carbocycles. The van der Waals surface area contributed by atoms with Crippen LogP contribution in [0.3, 0.4) is 0 Å². The summed E-state index contributed by atoms with van der Waals surface area (Å²) in [6.07, 6.45) is 6.15. The first-order valence-corrected chi connectivity index (χ1v) is 7.62. The molecule has 0 radical (unpaired) electrons. The van der Waals surface area contributed by atoms with E-state index in [0.717, 1.165) is 12.8 Å². The van der Waals surface area contributed by atoms with E-state index in [9.17, 15) is 9.90 Å². The van der Waals surface area contributed by atoms with Gasteiger partial charge in [-0.1, -0.05) is 19.8 Å². The van der Waals surface area contributed by atoms with Gasteiger partial charge in [0.1, 0.15) is 18.0 Å². The van der Waals surface area contributed by atoms with Gasteiger partial charge >= 0.3 is 0 Å². The van der Waals surface area contributed by atoms with Crippen LogP contribution >= 0.6 is 0 Å². The topological polar surface area (TPSA) is 71.7 Å². The molecule has 0 aliphatic heterocycles. The third kappa shape index (κ3) is 4.86. The van der Waals surface area contributed by atoms with Crippen LogP contribution in [-0.2, 0) is 15.1 Å². The molecule has 2 N–H and O–H groups in total. The third-order valence-electron chi connectivity index (χ3n) is 4.02. The fraction of sp³-hybridized carbons (Fsp3) is 0.688. The Morgan fingerprint density at radius 3 is 3.05 bits per heavy atom. The Morgan fingerprint density at radius 1 is 1.57 bits per heavy atom. The minimum atomic E-state index is -1.21. The number of furan rings is 1. The molecule has 1 aliphatic rings. The average Bonchev–Trinajstić information content (AvgIpc) is 2.98. The van der Waals surface area contributed by atoms with Gasteiger partial charge in [0.25, 0.3) is 0 Å². The van der Waals surface area contributed by atoms with Crippen LogP contribution < -0.4 is 5.32 Å². The number of amides is 1. The lowest BCUT2D eigenvalue weighted by molar-refractivity contribution is -0.130. The normalized spacial score (nSPS) is 25.3. The van der Waals surface area contributed by atoms with Crippen LogP contribution in [-0.4, -0.2) is 30.3 Å². The predicted octanol–water partition coefficient (Wildman–Crippen LogP) is 2.20. The lowest BCUT2D eigenvalue weighted by Crippen LogP contribution is -2.40. The summed E-state index contributed by atoms with van der Waals surface area (Å²) >= 11 is 0. The van der Waals surface area contributed by atoms with Crippen LogP contribution in [0.25, 0.3) is 0 Å². The van der Waals surface area contributed by atoms with E-state index in [1.807, 2.05) is 0 Å². The lowest BCUT2D eigenvalue weighted by Gasteiger charge is -2.27. The Kier molecular flexibility index (Phi) is 5.42. The number of aliphatic hydroxyl groups is 1. The molecule has 5 heteroatoms. The molecule has 3 unspecified atom stereocenters. The SMILES string of the molecule is CC1CCCC(OCC(=O)NCC(C)(O)c2ccco2)C1. The molecule has 1 heterocycles. The van der Waals surface area contributed by atoms with Crippen LogP contribution in [0.1, 0.15) is 45.3 Å². The fourth-order valence-electron chi connectivity index (χ4n) is 2.72. The van der Waals surface area contributed by atoms with Crippen molar-refractivity contribution in [2.75, 3.05) is 13.2 Å². The predicted molar refractivity (Wildman–Crippen MR) is 78.7 cm³/mol. The van der Waals surface area contributed by atoms with Crippen molar-refractivity contribution in [2.24, 2.45) is 5.92 Å². The van der Waals surface area contributed by atoms with Gasteiger partial charge in [0.05, 0.1) is 18.9 Å². The first-order valence-electron chi connectivity index (χ1n) is 7.62. The molecule has 0 spiro atoms. The van der Waals surface area contributed by atoms with E-state index in [4.69, 9.17) is 9.15 Å². The molecule has 5 nitrogen and oxygen atoms in total. The zero-order valence-electron chi connectivity index (χ0n) is 12.8. The lowest BCUT2D eigenvalue weighted by atomic mass is 9.89. The highest BCUT2D eigenvalue weighted by Crippen LogP contribution is 2.25. The summed E-state index contributed by atoms with van der Waals surface area (Å²) in [4.78, 5) is 11.8. The molecule has 1 aliphatic carbocycles. The van der Waals surface area contributed by atoms with Crippen LogP contribution in [0.15, 0.2) is 22.8 Å². The van der Waals surface area contributed by atoms with Crippen molar-refractivity contribution in [3.05, 3.63) is 24.2 Å². The van der Waals surface area contributed by atoms with Crippen molar-refractivity contribution in [3.63, 3.8) is 0 Å². The van der Waals surface area contributed by atoms with E-state index >= 15 is 0 Å². The molecule has 118 valence electrons. The second-order valence-electron chi connectivity index (χ2n) is 6.23. The molecule has 1 aromatic heterocycles. The van der Waals surface area contributed by atoms with Crippen LogP contribution in [0, 0.1) is 5.92 Å². The molecule has 1 aromatic rings. The first kappa shape index (κ1) is 16.0. The van der Waals surface area contributed by atoms with Gasteiger partial charge in [-0.15, -0.1) is 0 Å². The van der Waals surface area contributed by atoms with Crippen molar-refractivity contribution in [1.29, 1.82) is 0 Å². The van der Waals surface area contributed by atoms with Crippen molar-refractivity contribution < 1.29 is 19.1 Å². The van der Waals surface area contributed by atoms with Crippen molar-refractivity contribution >= 4 is 5.91 Å². The number of carbonyl (C=O) groups is 1. The van der Waals surface area contributed by atoms with E-state index in [-0.39, 0.29) is 25.2 Å². The first-order chi connectivity index (χ1) is 9.97. The maximum absolute atomic E-state index is 11.8. The Morgan fingerprint density at radius 2 is 2.38 bits per heavy atom. The molecule has 1 amide bonds. The second-order valence-corrected chi connectivity index (χ2v) is 6.23. The summed E-state index contributed by atoms with van der Waals surface area (Å²) in [6, 6.07) is 3.39. The number of nitrogens with one attached hydrogen (secondary N) is 1. The maximum Gasteiger partial charge on any atom is 0.246 e. The highest BCUT2D eigenvalue weighted by Gasteiger charge is 2.27. The third-order valence-corrected chi connectivity index (χ3v) is 4.02. The number of hydrogen-bond donors (Lipinski definition) is 2. The summed E-state index contributed by atoms with van der Waals surface area (Å²) in [6.45, 7) is 3.97. The highest BCUT2D eigenvalue weighted by atomic mass is 16.5. The summed E-state index contributed by atoms with van der Waals surface area (Å²) in [5, 5.41) is 12.9. The van der Waals surface area contributed by atoms with Crippen LogP contribution in [0.4, 0.5) is 0 Å². The van der Waals surface area contributed by atoms with Gasteiger partial charge in [-0.2, -0.15) is 0 Å². The monoisotopic (exact) mass is 295 g/mol. The Bertz CT molecular complexity index is 441. The minimum Gasteiger partial charge on any atom is -0.466 e. The largest absolute Gasteiger partial charge is 0.466 e. The highest BCUT2D eigenvalue weighted by molar-refractivity contribution is 5.77. The smallest absolute Gasteiger partial charge is 0.246 e.